The summed E-state index contributed by atoms with van der Waals surface area (Å²) in [7, 11) is 3.14. The van der Waals surface area contributed by atoms with Gasteiger partial charge in [0.25, 0.3) is 5.91 Å². The van der Waals surface area contributed by atoms with Crippen molar-refractivity contribution in [3.8, 4) is 11.5 Å². The zero-order chi connectivity index (χ0) is 15.2. The van der Waals surface area contributed by atoms with E-state index in [1.807, 2.05) is 12.1 Å². The molecule has 1 heterocycles. The Labute approximate surface area is 127 Å². The molecule has 2 aromatic rings. The maximum absolute atomic E-state index is 12.1. The van der Waals surface area contributed by atoms with Crippen molar-refractivity contribution < 1.29 is 14.3 Å². The topological polar surface area (TPSA) is 63.3 Å². The van der Waals surface area contributed by atoms with E-state index in [-0.39, 0.29) is 5.91 Å². The van der Waals surface area contributed by atoms with E-state index < -0.39 is 0 Å². The summed E-state index contributed by atoms with van der Waals surface area (Å²) in [4.78, 5) is 15.0. The summed E-state index contributed by atoms with van der Waals surface area (Å²) in [6, 6.07) is 8.93. The smallest absolute Gasteiger partial charge is 0.254 e. The van der Waals surface area contributed by atoms with Gasteiger partial charge in [-0.2, -0.15) is 0 Å². The van der Waals surface area contributed by atoms with Gasteiger partial charge in [0.1, 0.15) is 4.64 Å². The van der Waals surface area contributed by atoms with E-state index in [0.29, 0.717) is 28.2 Å². The highest BCUT2D eigenvalue weighted by atomic mass is 32.1. The lowest BCUT2D eigenvalue weighted by Crippen LogP contribution is -2.23. The van der Waals surface area contributed by atoms with Crippen LogP contribution in [0.2, 0.25) is 0 Å². The third kappa shape index (κ3) is 3.41. The first kappa shape index (κ1) is 15.1. The molecule has 2 N–H and O–H groups in total. The van der Waals surface area contributed by atoms with Crippen LogP contribution in [0.15, 0.2) is 36.5 Å². The maximum Gasteiger partial charge on any atom is 0.254 e. The Morgan fingerprint density at radius 3 is 2.71 bits per heavy atom. The number of hydrogen-bond donors (Lipinski definition) is 2. The number of aromatic nitrogens is 1. The van der Waals surface area contributed by atoms with Crippen molar-refractivity contribution >= 4 is 18.1 Å². The van der Waals surface area contributed by atoms with Gasteiger partial charge in [0.05, 0.1) is 19.8 Å². The Hall–Kier alpha value is -2.34. The maximum atomic E-state index is 12.1. The number of carbonyl (C=O) groups is 1. The van der Waals surface area contributed by atoms with Crippen molar-refractivity contribution in [1.82, 2.24) is 10.3 Å². The number of amides is 1. The molecule has 0 saturated carbocycles. The molecule has 0 bridgehead atoms. The molecule has 0 radical (unpaired) electrons. The van der Waals surface area contributed by atoms with E-state index in [9.17, 15) is 4.79 Å². The quantitative estimate of drug-likeness (QED) is 0.834. The van der Waals surface area contributed by atoms with Crippen molar-refractivity contribution in [2.24, 2.45) is 0 Å². The summed E-state index contributed by atoms with van der Waals surface area (Å²) in [5.74, 6) is 1.00. The predicted molar refractivity (Wildman–Crippen MR) is 82.3 cm³/mol. The van der Waals surface area contributed by atoms with Gasteiger partial charge in [0, 0.05) is 18.3 Å². The van der Waals surface area contributed by atoms with Crippen LogP contribution in [0.4, 0.5) is 0 Å². The SMILES string of the molecule is COc1cccc(CNC(=O)c2ccc[nH]c2=S)c1OC. The molecule has 1 aromatic heterocycles. The number of pyridine rings is 1. The number of methoxy groups -OCH3 is 2. The Balaban J connectivity index is 2.15. The van der Waals surface area contributed by atoms with Crippen LogP contribution in [0.3, 0.4) is 0 Å². The summed E-state index contributed by atoms with van der Waals surface area (Å²) >= 11 is 5.09. The Kier molecular flexibility index (Phi) is 4.94. The number of aromatic amines is 1. The summed E-state index contributed by atoms with van der Waals surface area (Å²) < 4.78 is 11.0. The third-order valence-electron chi connectivity index (χ3n) is 2.99. The van der Waals surface area contributed by atoms with Crippen LogP contribution in [0.5, 0.6) is 11.5 Å². The number of hydrogen-bond acceptors (Lipinski definition) is 4. The first-order chi connectivity index (χ1) is 10.2. The van der Waals surface area contributed by atoms with E-state index in [4.69, 9.17) is 21.7 Å². The molecule has 5 nitrogen and oxygen atoms in total. The van der Waals surface area contributed by atoms with E-state index in [1.165, 1.54) is 0 Å². The second-order valence-electron chi connectivity index (χ2n) is 4.25. The number of para-hydroxylation sites is 1. The second-order valence-corrected chi connectivity index (χ2v) is 4.66. The molecule has 6 heteroatoms. The molecule has 1 aromatic carbocycles. The largest absolute Gasteiger partial charge is 0.493 e. The number of ether oxygens (including phenoxy) is 2. The second kappa shape index (κ2) is 6.90. The summed E-state index contributed by atoms with van der Waals surface area (Å²) in [6.45, 7) is 0.322. The molecule has 0 unspecified atom stereocenters. The highest BCUT2D eigenvalue weighted by Crippen LogP contribution is 2.30. The average Bonchev–Trinajstić information content (AvgIpc) is 2.52. The monoisotopic (exact) mass is 304 g/mol. The van der Waals surface area contributed by atoms with Crippen LogP contribution in [0.25, 0.3) is 0 Å². The number of carbonyl (C=O) groups excluding carboxylic acids is 1. The van der Waals surface area contributed by atoms with E-state index in [2.05, 4.69) is 10.3 Å². The molecule has 0 aliphatic carbocycles. The van der Waals surface area contributed by atoms with Gasteiger partial charge in [-0.3, -0.25) is 4.79 Å². The third-order valence-corrected chi connectivity index (χ3v) is 3.32. The lowest BCUT2D eigenvalue weighted by atomic mass is 10.1. The molecular formula is C15H16N2O3S. The summed E-state index contributed by atoms with van der Waals surface area (Å²) in [6.07, 6.45) is 1.68. The highest BCUT2D eigenvalue weighted by Gasteiger charge is 2.12. The van der Waals surface area contributed by atoms with Crippen LogP contribution >= 0.6 is 12.2 Å². The van der Waals surface area contributed by atoms with Crippen molar-refractivity contribution in [3.05, 3.63) is 52.3 Å². The number of benzene rings is 1. The van der Waals surface area contributed by atoms with Gasteiger partial charge >= 0.3 is 0 Å². The molecule has 2 rings (SSSR count). The summed E-state index contributed by atoms with van der Waals surface area (Å²) in [5, 5.41) is 2.82. The fourth-order valence-electron chi connectivity index (χ4n) is 1.96. The normalized spacial score (nSPS) is 10.0. The van der Waals surface area contributed by atoms with Crippen molar-refractivity contribution in [1.29, 1.82) is 0 Å². The first-order valence-corrected chi connectivity index (χ1v) is 6.74. The van der Waals surface area contributed by atoms with Crippen molar-refractivity contribution in [2.45, 2.75) is 6.54 Å². The molecule has 0 spiro atoms. The van der Waals surface area contributed by atoms with Crippen LogP contribution in [-0.4, -0.2) is 25.1 Å². The lowest BCUT2D eigenvalue weighted by molar-refractivity contribution is 0.0949. The van der Waals surface area contributed by atoms with E-state index in [1.54, 1.807) is 38.6 Å². The molecular weight excluding hydrogens is 288 g/mol. The molecule has 0 saturated heterocycles. The zero-order valence-electron chi connectivity index (χ0n) is 11.8. The predicted octanol–water partition coefficient (Wildman–Crippen LogP) is 2.69. The highest BCUT2D eigenvalue weighted by molar-refractivity contribution is 7.71. The van der Waals surface area contributed by atoms with Gasteiger partial charge in [-0.05, 0) is 18.2 Å². The van der Waals surface area contributed by atoms with Crippen LogP contribution in [-0.2, 0) is 6.54 Å². The fraction of sp³-hybridized carbons (Fsp3) is 0.200. The molecule has 0 aliphatic heterocycles. The number of nitrogens with one attached hydrogen (secondary N) is 2. The minimum Gasteiger partial charge on any atom is -0.493 e. The number of H-pyrrole nitrogens is 1. The lowest BCUT2D eigenvalue weighted by Gasteiger charge is -2.13. The molecule has 21 heavy (non-hydrogen) atoms. The first-order valence-electron chi connectivity index (χ1n) is 6.33. The molecule has 1 amide bonds. The van der Waals surface area contributed by atoms with Gasteiger partial charge in [0.2, 0.25) is 0 Å². The van der Waals surface area contributed by atoms with Crippen LogP contribution < -0.4 is 14.8 Å². The Bertz CT molecular complexity index is 697. The fourth-order valence-corrected chi connectivity index (χ4v) is 2.19. The molecule has 0 fully saturated rings. The minimum absolute atomic E-state index is 0.235. The Morgan fingerprint density at radius 1 is 1.24 bits per heavy atom. The average molecular weight is 304 g/mol. The Morgan fingerprint density at radius 2 is 2.05 bits per heavy atom. The van der Waals surface area contributed by atoms with E-state index >= 15 is 0 Å². The molecule has 0 aliphatic rings. The van der Waals surface area contributed by atoms with Gasteiger partial charge in [-0.1, -0.05) is 24.4 Å². The zero-order valence-corrected chi connectivity index (χ0v) is 12.6. The minimum atomic E-state index is -0.235. The molecule has 0 atom stereocenters. The van der Waals surface area contributed by atoms with Crippen molar-refractivity contribution in [2.75, 3.05) is 14.2 Å². The number of rotatable bonds is 5. The van der Waals surface area contributed by atoms with Gasteiger partial charge in [0.15, 0.2) is 11.5 Å². The summed E-state index contributed by atoms with van der Waals surface area (Å²) in [5.41, 5.74) is 1.27. The standard InChI is InChI=1S/C15H16N2O3S/c1-19-12-7-3-5-10(13(12)20-2)9-17-14(18)11-6-4-8-16-15(11)21/h3-8H,9H2,1-2H3,(H,16,21)(H,17,18). The van der Waals surface area contributed by atoms with Gasteiger partial charge in [-0.25, -0.2) is 0 Å². The van der Waals surface area contributed by atoms with Crippen molar-refractivity contribution in [3.63, 3.8) is 0 Å². The van der Waals surface area contributed by atoms with E-state index in [0.717, 1.165) is 5.56 Å². The van der Waals surface area contributed by atoms with Gasteiger partial charge < -0.3 is 19.8 Å². The van der Waals surface area contributed by atoms with Crippen LogP contribution in [0, 0.1) is 4.64 Å². The van der Waals surface area contributed by atoms with Crippen LogP contribution in [0.1, 0.15) is 15.9 Å². The van der Waals surface area contributed by atoms with Gasteiger partial charge in [-0.15, -0.1) is 0 Å². The molecule has 110 valence electrons.